The molecule has 1 rings (SSSR count). The summed E-state index contributed by atoms with van der Waals surface area (Å²) in [5, 5.41) is 15.3. The van der Waals surface area contributed by atoms with Crippen LogP contribution in [0.25, 0.3) is 0 Å². The summed E-state index contributed by atoms with van der Waals surface area (Å²) in [4.78, 5) is 12.0. The number of nitrogens with one attached hydrogen (secondary N) is 2. The average molecular weight is 293 g/mol. The van der Waals surface area contributed by atoms with Gasteiger partial charge in [-0.3, -0.25) is 4.79 Å². The lowest BCUT2D eigenvalue weighted by atomic mass is 9.94. The van der Waals surface area contributed by atoms with Crippen LogP contribution < -0.4 is 10.6 Å². The Balaban J connectivity index is 0.00000324. The third-order valence-corrected chi connectivity index (χ3v) is 3.53. The molecule has 2 unspecified atom stereocenters. The molecule has 0 aliphatic carbocycles. The summed E-state index contributed by atoms with van der Waals surface area (Å²) in [6.07, 6.45) is 5.08. The van der Waals surface area contributed by atoms with Gasteiger partial charge < -0.3 is 15.7 Å². The molecule has 1 heterocycles. The molecule has 4 nitrogen and oxygen atoms in total. The molecule has 5 heteroatoms. The van der Waals surface area contributed by atoms with Crippen molar-refractivity contribution in [2.75, 3.05) is 19.7 Å². The number of hydrogen-bond acceptors (Lipinski definition) is 3. The van der Waals surface area contributed by atoms with Crippen molar-refractivity contribution in [3.63, 3.8) is 0 Å². The number of carbonyl (C=O) groups excluding carboxylic acids is 1. The number of halogens is 1. The molecule has 0 aromatic carbocycles. The van der Waals surface area contributed by atoms with Crippen LogP contribution in [0.4, 0.5) is 0 Å². The van der Waals surface area contributed by atoms with Crippen molar-refractivity contribution in [1.82, 2.24) is 10.6 Å². The Morgan fingerprint density at radius 2 is 2.16 bits per heavy atom. The Hall–Kier alpha value is -0.320. The Labute approximate surface area is 123 Å². The van der Waals surface area contributed by atoms with Crippen LogP contribution in [0.2, 0.25) is 0 Å². The number of rotatable bonds is 7. The molecule has 1 aliphatic heterocycles. The van der Waals surface area contributed by atoms with Gasteiger partial charge in [0.05, 0.1) is 6.04 Å². The highest BCUT2D eigenvalue weighted by Crippen LogP contribution is 2.14. The molecular formula is C14H29ClN2O2. The van der Waals surface area contributed by atoms with Gasteiger partial charge >= 0.3 is 0 Å². The van der Waals surface area contributed by atoms with Gasteiger partial charge in [0.25, 0.3) is 0 Å². The molecule has 0 spiro atoms. The lowest BCUT2D eigenvalue weighted by molar-refractivity contribution is -0.123. The first-order valence-corrected chi connectivity index (χ1v) is 7.25. The Bertz CT molecular complexity index is 244. The third-order valence-electron chi connectivity index (χ3n) is 3.53. The molecule has 0 saturated carbocycles. The van der Waals surface area contributed by atoms with Crippen molar-refractivity contribution in [3.05, 3.63) is 0 Å². The van der Waals surface area contributed by atoms with Crippen LogP contribution in [0.5, 0.6) is 0 Å². The van der Waals surface area contributed by atoms with Crippen LogP contribution in [0.3, 0.4) is 0 Å². The molecule has 1 aliphatic rings. The average Bonchev–Trinajstić information content (AvgIpc) is 2.36. The van der Waals surface area contributed by atoms with Crippen molar-refractivity contribution in [1.29, 1.82) is 0 Å². The first-order chi connectivity index (χ1) is 8.63. The van der Waals surface area contributed by atoms with E-state index in [1.165, 1.54) is 6.42 Å². The zero-order valence-electron chi connectivity index (χ0n) is 12.2. The smallest absolute Gasteiger partial charge is 0.237 e. The quantitative estimate of drug-likeness (QED) is 0.669. The number of amides is 1. The Morgan fingerprint density at radius 1 is 1.42 bits per heavy atom. The van der Waals surface area contributed by atoms with Gasteiger partial charge in [-0.2, -0.15) is 0 Å². The van der Waals surface area contributed by atoms with Gasteiger partial charge in [-0.25, -0.2) is 0 Å². The van der Waals surface area contributed by atoms with E-state index >= 15 is 0 Å². The number of piperidine rings is 1. The summed E-state index contributed by atoms with van der Waals surface area (Å²) in [7, 11) is 0. The topological polar surface area (TPSA) is 61.4 Å². The first kappa shape index (κ1) is 18.7. The van der Waals surface area contributed by atoms with Crippen LogP contribution in [-0.4, -0.2) is 36.8 Å². The minimum Gasteiger partial charge on any atom is -0.396 e. The van der Waals surface area contributed by atoms with Crippen LogP contribution in [0, 0.1) is 11.8 Å². The lowest BCUT2D eigenvalue weighted by Crippen LogP contribution is -2.47. The number of hydrogen-bond donors (Lipinski definition) is 3. The lowest BCUT2D eigenvalue weighted by Gasteiger charge is -2.24. The number of aliphatic hydroxyl groups excluding tert-OH is 1. The van der Waals surface area contributed by atoms with E-state index in [-0.39, 0.29) is 31.0 Å². The number of carbonyl (C=O) groups is 1. The van der Waals surface area contributed by atoms with E-state index in [0.29, 0.717) is 18.4 Å². The highest BCUT2D eigenvalue weighted by Gasteiger charge is 2.21. The van der Waals surface area contributed by atoms with Gasteiger partial charge in [-0.05, 0) is 44.1 Å². The molecule has 1 fully saturated rings. The maximum Gasteiger partial charge on any atom is 0.237 e. The summed E-state index contributed by atoms with van der Waals surface area (Å²) >= 11 is 0. The molecule has 1 saturated heterocycles. The summed E-state index contributed by atoms with van der Waals surface area (Å²) in [6, 6.07) is -0.00687. The van der Waals surface area contributed by atoms with Crippen molar-refractivity contribution in [2.24, 2.45) is 11.8 Å². The second kappa shape index (κ2) is 10.5. The van der Waals surface area contributed by atoms with Gasteiger partial charge in [0.15, 0.2) is 0 Å². The largest absolute Gasteiger partial charge is 0.396 e. The fourth-order valence-electron chi connectivity index (χ4n) is 2.60. The fraction of sp³-hybridized carbons (Fsp3) is 0.929. The van der Waals surface area contributed by atoms with Crippen LogP contribution >= 0.6 is 12.4 Å². The summed E-state index contributed by atoms with van der Waals surface area (Å²) in [5.41, 5.74) is 0. The van der Waals surface area contributed by atoms with Crippen molar-refractivity contribution in [2.45, 2.75) is 52.0 Å². The summed E-state index contributed by atoms with van der Waals surface area (Å²) in [5.74, 6) is 1.12. The molecule has 0 aromatic rings. The zero-order valence-corrected chi connectivity index (χ0v) is 13.0. The minimum atomic E-state index is -0.00687. The molecule has 0 bridgehead atoms. The van der Waals surface area contributed by atoms with E-state index in [9.17, 15) is 4.79 Å². The standard InChI is InChI=1S/C14H28N2O2.ClH/c1-11(2)9-12(6-8-17)10-16-14(18)13-5-3-4-7-15-13;/h11-13,15,17H,3-10H2,1-2H3,(H,16,18);1H. The molecule has 0 radical (unpaired) electrons. The maximum absolute atomic E-state index is 12.0. The molecular weight excluding hydrogens is 264 g/mol. The van der Waals surface area contributed by atoms with E-state index in [0.717, 1.165) is 32.2 Å². The van der Waals surface area contributed by atoms with E-state index < -0.39 is 0 Å². The van der Waals surface area contributed by atoms with Crippen LogP contribution in [0.1, 0.15) is 46.0 Å². The van der Waals surface area contributed by atoms with Crippen molar-refractivity contribution < 1.29 is 9.90 Å². The van der Waals surface area contributed by atoms with Gasteiger partial charge in [0, 0.05) is 13.2 Å². The van der Waals surface area contributed by atoms with Gasteiger partial charge in [0.1, 0.15) is 0 Å². The second-order valence-corrected chi connectivity index (χ2v) is 5.76. The molecule has 114 valence electrons. The molecule has 0 aromatic heterocycles. The van der Waals surface area contributed by atoms with E-state index in [1.54, 1.807) is 0 Å². The Kier molecular flexibility index (Phi) is 10.3. The first-order valence-electron chi connectivity index (χ1n) is 7.25. The predicted octanol–water partition coefficient (Wildman–Crippen LogP) is 1.71. The Morgan fingerprint density at radius 3 is 2.68 bits per heavy atom. The summed E-state index contributed by atoms with van der Waals surface area (Å²) < 4.78 is 0. The van der Waals surface area contributed by atoms with Gasteiger partial charge in [0.2, 0.25) is 5.91 Å². The van der Waals surface area contributed by atoms with Crippen molar-refractivity contribution >= 4 is 18.3 Å². The van der Waals surface area contributed by atoms with E-state index in [1.807, 2.05) is 0 Å². The van der Waals surface area contributed by atoms with Crippen molar-refractivity contribution in [3.8, 4) is 0 Å². The molecule has 1 amide bonds. The minimum absolute atomic E-state index is 0. The normalized spacial score (nSPS) is 20.7. The predicted molar refractivity (Wildman–Crippen MR) is 80.5 cm³/mol. The van der Waals surface area contributed by atoms with Crippen LogP contribution in [0.15, 0.2) is 0 Å². The molecule has 19 heavy (non-hydrogen) atoms. The zero-order chi connectivity index (χ0) is 13.4. The highest BCUT2D eigenvalue weighted by molar-refractivity contribution is 5.85. The summed E-state index contributed by atoms with van der Waals surface area (Å²) in [6.45, 7) is 6.19. The second-order valence-electron chi connectivity index (χ2n) is 5.76. The monoisotopic (exact) mass is 292 g/mol. The van der Waals surface area contributed by atoms with E-state index in [2.05, 4.69) is 24.5 Å². The maximum atomic E-state index is 12.0. The number of aliphatic hydroxyl groups is 1. The van der Waals surface area contributed by atoms with Gasteiger partial charge in [-0.1, -0.05) is 20.3 Å². The molecule has 2 atom stereocenters. The van der Waals surface area contributed by atoms with E-state index in [4.69, 9.17) is 5.11 Å². The third kappa shape index (κ3) is 7.75. The molecule has 3 N–H and O–H groups in total. The highest BCUT2D eigenvalue weighted by atomic mass is 35.5. The fourth-order valence-corrected chi connectivity index (χ4v) is 2.60. The van der Waals surface area contributed by atoms with Crippen LogP contribution in [-0.2, 0) is 4.79 Å². The SMILES string of the molecule is CC(C)CC(CCO)CNC(=O)C1CCCCN1.Cl. The van der Waals surface area contributed by atoms with Gasteiger partial charge in [-0.15, -0.1) is 12.4 Å².